The van der Waals surface area contributed by atoms with Crippen LogP contribution in [0.5, 0.6) is 0 Å². The summed E-state index contributed by atoms with van der Waals surface area (Å²) in [7, 11) is -1.85. The summed E-state index contributed by atoms with van der Waals surface area (Å²) in [5.41, 5.74) is 1.50. The van der Waals surface area contributed by atoms with E-state index in [0.29, 0.717) is 6.54 Å². The van der Waals surface area contributed by atoms with Crippen LogP contribution in [-0.2, 0) is 17.1 Å². The fourth-order valence-corrected chi connectivity index (χ4v) is 4.32. The Kier molecular flexibility index (Phi) is 3.50. The number of aromatic nitrogens is 4. The van der Waals surface area contributed by atoms with Crippen molar-refractivity contribution in [1.82, 2.24) is 23.8 Å². The lowest BCUT2D eigenvalue weighted by Gasteiger charge is -2.23. The van der Waals surface area contributed by atoms with Crippen molar-refractivity contribution in [1.29, 1.82) is 0 Å². The van der Waals surface area contributed by atoms with Crippen LogP contribution >= 0.6 is 0 Å². The molecule has 8 heteroatoms. The van der Waals surface area contributed by atoms with Crippen LogP contribution in [-0.4, -0.2) is 38.8 Å². The molecule has 0 saturated carbocycles. The van der Waals surface area contributed by atoms with Crippen molar-refractivity contribution in [3.63, 3.8) is 0 Å². The van der Waals surface area contributed by atoms with Crippen molar-refractivity contribution in [2.75, 3.05) is 6.54 Å². The van der Waals surface area contributed by atoms with E-state index < -0.39 is 10.0 Å². The van der Waals surface area contributed by atoms with E-state index in [1.54, 1.807) is 24.0 Å². The molecule has 0 N–H and O–H groups in total. The van der Waals surface area contributed by atoms with Crippen LogP contribution in [0.15, 0.2) is 29.9 Å². The van der Waals surface area contributed by atoms with Gasteiger partial charge in [0.1, 0.15) is 0 Å². The standard InChI is InChI=1S/C13H17N5O2S/c1-10-13(15-6-5-14-10)11-4-3-7-18(11)21(19,20)12-8-17(2)9-16-12/h5-6,8-9,11H,3-4,7H2,1-2H3/t11-/m1/s1. The lowest BCUT2D eigenvalue weighted by molar-refractivity contribution is 0.386. The van der Waals surface area contributed by atoms with Crippen molar-refractivity contribution in [2.24, 2.45) is 7.05 Å². The summed E-state index contributed by atoms with van der Waals surface area (Å²) in [5, 5.41) is 0.0819. The van der Waals surface area contributed by atoms with Crippen LogP contribution in [0.3, 0.4) is 0 Å². The molecule has 21 heavy (non-hydrogen) atoms. The highest BCUT2D eigenvalue weighted by Gasteiger charge is 2.38. The highest BCUT2D eigenvalue weighted by Crippen LogP contribution is 2.35. The Morgan fingerprint density at radius 3 is 2.67 bits per heavy atom. The maximum atomic E-state index is 12.7. The molecule has 3 heterocycles. The summed E-state index contributed by atoms with van der Waals surface area (Å²) >= 11 is 0. The van der Waals surface area contributed by atoms with E-state index in [1.807, 2.05) is 6.92 Å². The molecule has 0 aromatic carbocycles. The maximum Gasteiger partial charge on any atom is 0.262 e. The molecule has 1 fully saturated rings. The number of aryl methyl sites for hydroxylation is 2. The Hall–Kier alpha value is -1.80. The Labute approximate surface area is 123 Å². The first kappa shape index (κ1) is 14.2. The van der Waals surface area contributed by atoms with Crippen LogP contribution in [0.25, 0.3) is 0 Å². The van der Waals surface area contributed by atoms with E-state index in [9.17, 15) is 8.42 Å². The first-order valence-electron chi connectivity index (χ1n) is 6.77. The van der Waals surface area contributed by atoms with Crippen LogP contribution in [0.2, 0.25) is 0 Å². The first-order valence-corrected chi connectivity index (χ1v) is 8.21. The molecule has 1 aliphatic rings. The van der Waals surface area contributed by atoms with Gasteiger partial charge in [0.2, 0.25) is 0 Å². The van der Waals surface area contributed by atoms with E-state index in [-0.39, 0.29) is 11.1 Å². The van der Waals surface area contributed by atoms with E-state index in [1.165, 1.54) is 16.8 Å². The predicted molar refractivity (Wildman–Crippen MR) is 75.8 cm³/mol. The second-order valence-corrected chi connectivity index (χ2v) is 7.02. The summed E-state index contributed by atoms with van der Waals surface area (Å²) in [6, 6.07) is -0.259. The highest BCUT2D eigenvalue weighted by atomic mass is 32.2. The lowest BCUT2D eigenvalue weighted by atomic mass is 10.1. The molecule has 3 rings (SSSR count). The summed E-state index contributed by atoms with van der Waals surface area (Å²) in [6.45, 7) is 2.34. The van der Waals surface area contributed by atoms with Gasteiger partial charge in [0.15, 0.2) is 5.03 Å². The number of nitrogens with zero attached hydrogens (tertiary/aromatic N) is 5. The second-order valence-electron chi connectivity index (χ2n) is 5.18. The van der Waals surface area contributed by atoms with Gasteiger partial charge in [0.25, 0.3) is 10.0 Å². The Morgan fingerprint density at radius 2 is 2.00 bits per heavy atom. The third-order valence-electron chi connectivity index (χ3n) is 3.69. The molecule has 0 aliphatic carbocycles. The Balaban J connectivity index is 2.00. The van der Waals surface area contributed by atoms with Gasteiger partial charge in [-0.3, -0.25) is 9.97 Å². The largest absolute Gasteiger partial charge is 0.339 e. The van der Waals surface area contributed by atoms with Gasteiger partial charge < -0.3 is 4.57 Å². The molecule has 1 saturated heterocycles. The zero-order chi connectivity index (χ0) is 15.0. The van der Waals surface area contributed by atoms with Crippen molar-refractivity contribution in [3.8, 4) is 0 Å². The van der Waals surface area contributed by atoms with Crippen LogP contribution in [0, 0.1) is 6.92 Å². The van der Waals surface area contributed by atoms with E-state index >= 15 is 0 Å². The summed E-state index contributed by atoms with van der Waals surface area (Å²) < 4.78 is 28.6. The van der Waals surface area contributed by atoms with Crippen LogP contribution in [0.4, 0.5) is 0 Å². The summed E-state index contributed by atoms with van der Waals surface area (Å²) in [4.78, 5) is 12.5. The number of hydrogen-bond acceptors (Lipinski definition) is 5. The van der Waals surface area contributed by atoms with E-state index in [4.69, 9.17) is 0 Å². The van der Waals surface area contributed by atoms with Crippen LogP contribution in [0.1, 0.15) is 30.3 Å². The number of hydrogen-bond donors (Lipinski definition) is 0. The quantitative estimate of drug-likeness (QED) is 0.846. The monoisotopic (exact) mass is 307 g/mol. The minimum absolute atomic E-state index is 0.0819. The molecule has 112 valence electrons. The summed E-state index contributed by atoms with van der Waals surface area (Å²) in [5.74, 6) is 0. The highest BCUT2D eigenvalue weighted by molar-refractivity contribution is 7.89. The molecule has 1 atom stereocenters. The van der Waals surface area contributed by atoms with Crippen molar-refractivity contribution < 1.29 is 8.42 Å². The Morgan fingerprint density at radius 1 is 1.24 bits per heavy atom. The van der Waals surface area contributed by atoms with Gasteiger partial charge >= 0.3 is 0 Å². The average Bonchev–Trinajstić information content (AvgIpc) is 3.08. The van der Waals surface area contributed by atoms with E-state index in [2.05, 4.69) is 15.0 Å². The topological polar surface area (TPSA) is 81.0 Å². The Bertz CT molecular complexity index is 755. The first-order chi connectivity index (χ1) is 10.00. The van der Waals surface area contributed by atoms with Gasteiger partial charge in [-0.25, -0.2) is 13.4 Å². The zero-order valence-electron chi connectivity index (χ0n) is 12.0. The van der Waals surface area contributed by atoms with Gasteiger partial charge in [-0.05, 0) is 19.8 Å². The fraction of sp³-hybridized carbons (Fsp3) is 0.462. The third kappa shape index (κ3) is 2.44. The molecule has 0 unspecified atom stereocenters. The molecule has 0 spiro atoms. The molecule has 0 radical (unpaired) electrons. The van der Waals surface area contributed by atoms with Crippen molar-refractivity contribution >= 4 is 10.0 Å². The number of sulfonamides is 1. The van der Waals surface area contributed by atoms with Gasteiger partial charge in [-0.15, -0.1) is 0 Å². The molecular formula is C13H17N5O2S. The molecule has 2 aromatic rings. The predicted octanol–water partition coefficient (Wildman–Crippen LogP) is 1.04. The second kappa shape index (κ2) is 5.19. The zero-order valence-corrected chi connectivity index (χ0v) is 12.8. The molecule has 1 aliphatic heterocycles. The van der Waals surface area contributed by atoms with Gasteiger partial charge in [-0.1, -0.05) is 0 Å². The smallest absolute Gasteiger partial charge is 0.262 e. The van der Waals surface area contributed by atoms with Gasteiger partial charge in [-0.2, -0.15) is 4.31 Å². The molecule has 7 nitrogen and oxygen atoms in total. The SMILES string of the molecule is Cc1nccnc1[C@H]1CCCN1S(=O)(=O)c1cn(C)cn1. The van der Waals surface area contributed by atoms with Crippen molar-refractivity contribution in [2.45, 2.75) is 30.8 Å². The number of rotatable bonds is 3. The molecular weight excluding hydrogens is 290 g/mol. The van der Waals surface area contributed by atoms with Crippen molar-refractivity contribution in [3.05, 3.63) is 36.3 Å². The minimum atomic E-state index is -3.60. The average molecular weight is 307 g/mol. The molecule has 2 aromatic heterocycles. The van der Waals surface area contributed by atoms with Crippen LogP contribution < -0.4 is 0 Å². The minimum Gasteiger partial charge on any atom is -0.339 e. The number of imidazole rings is 1. The molecule has 0 amide bonds. The van der Waals surface area contributed by atoms with E-state index in [0.717, 1.165) is 24.2 Å². The third-order valence-corrected chi connectivity index (χ3v) is 5.49. The normalized spacial score (nSPS) is 20.0. The van der Waals surface area contributed by atoms with Gasteiger partial charge in [0.05, 0.1) is 23.8 Å². The maximum absolute atomic E-state index is 12.7. The fourth-order valence-electron chi connectivity index (χ4n) is 2.69. The lowest BCUT2D eigenvalue weighted by Crippen LogP contribution is -2.31. The molecule has 0 bridgehead atoms. The summed E-state index contributed by atoms with van der Waals surface area (Å²) in [6.07, 6.45) is 7.80. The van der Waals surface area contributed by atoms with Gasteiger partial charge in [0, 0.05) is 32.2 Å².